The fourth-order valence-corrected chi connectivity index (χ4v) is 1.16. The van der Waals surface area contributed by atoms with Crippen LogP contribution in [0, 0.1) is 0 Å². The number of amides is 1. The largest absolute Gasteiger partial charge is 0.478 e. The molecule has 2 N–H and O–H groups in total. The summed E-state index contributed by atoms with van der Waals surface area (Å²) in [7, 11) is 0. The maximum atomic E-state index is 11.5. The number of anilines is 1. The van der Waals surface area contributed by atoms with E-state index in [4.69, 9.17) is 9.84 Å². The second-order valence-electron chi connectivity index (χ2n) is 4.66. The van der Waals surface area contributed by atoms with Crippen LogP contribution in [0.5, 0.6) is 0 Å². The average Bonchev–Trinajstić information content (AvgIpc) is 2.27. The molecule has 7 heteroatoms. The molecule has 0 saturated carbocycles. The summed E-state index contributed by atoms with van der Waals surface area (Å²) in [4.78, 5) is 37.6. The molecule has 0 fully saturated rings. The van der Waals surface area contributed by atoms with Crippen LogP contribution < -0.4 is 5.32 Å². The number of aromatic carboxylic acids is 1. The first-order valence-corrected chi connectivity index (χ1v) is 5.43. The highest BCUT2D eigenvalue weighted by molar-refractivity contribution is 6.37. The summed E-state index contributed by atoms with van der Waals surface area (Å²) >= 11 is 0. The number of esters is 1. The van der Waals surface area contributed by atoms with Gasteiger partial charge in [-0.2, -0.15) is 0 Å². The van der Waals surface area contributed by atoms with Gasteiger partial charge < -0.3 is 15.2 Å². The Labute approximate surface area is 109 Å². The number of aromatic nitrogens is 1. The van der Waals surface area contributed by atoms with Crippen LogP contribution >= 0.6 is 0 Å². The molecule has 7 nitrogen and oxygen atoms in total. The van der Waals surface area contributed by atoms with Gasteiger partial charge in [0.1, 0.15) is 17.0 Å². The summed E-state index contributed by atoms with van der Waals surface area (Å²) in [5, 5.41) is 11.0. The molecule has 1 aromatic rings. The number of carbonyl (C=O) groups excluding carboxylic acids is 2. The zero-order valence-electron chi connectivity index (χ0n) is 10.8. The molecule has 0 aliphatic heterocycles. The van der Waals surface area contributed by atoms with E-state index >= 15 is 0 Å². The minimum absolute atomic E-state index is 0.203. The number of pyridine rings is 1. The second-order valence-corrected chi connectivity index (χ2v) is 4.66. The Kier molecular flexibility index (Phi) is 4.21. The highest BCUT2D eigenvalue weighted by Crippen LogP contribution is 2.12. The highest BCUT2D eigenvalue weighted by Gasteiger charge is 2.24. The molecule has 0 atom stereocenters. The molecule has 0 aromatic carbocycles. The van der Waals surface area contributed by atoms with Crippen molar-refractivity contribution >= 4 is 23.7 Å². The monoisotopic (exact) mass is 266 g/mol. The van der Waals surface area contributed by atoms with E-state index in [2.05, 4.69) is 10.3 Å². The van der Waals surface area contributed by atoms with E-state index in [1.165, 1.54) is 18.3 Å². The van der Waals surface area contributed by atoms with Crippen molar-refractivity contribution in [2.24, 2.45) is 0 Å². The van der Waals surface area contributed by atoms with Crippen molar-refractivity contribution in [1.29, 1.82) is 0 Å². The van der Waals surface area contributed by atoms with Gasteiger partial charge in [0.05, 0.1) is 0 Å². The zero-order valence-corrected chi connectivity index (χ0v) is 10.8. The summed E-state index contributed by atoms with van der Waals surface area (Å²) in [5.74, 6) is -3.64. The normalized spacial score (nSPS) is 10.7. The van der Waals surface area contributed by atoms with Crippen molar-refractivity contribution in [2.45, 2.75) is 26.4 Å². The Morgan fingerprint density at radius 1 is 1.32 bits per heavy atom. The first-order chi connectivity index (χ1) is 8.70. The first kappa shape index (κ1) is 14.6. The molecule has 0 aliphatic carbocycles. The minimum Gasteiger partial charge on any atom is -0.478 e. The Bertz CT molecular complexity index is 519. The van der Waals surface area contributed by atoms with Crippen LogP contribution in [0.2, 0.25) is 0 Å². The van der Waals surface area contributed by atoms with Gasteiger partial charge in [0.2, 0.25) is 0 Å². The molecule has 0 bridgehead atoms. The van der Waals surface area contributed by atoms with Gasteiger partial charge in [0, 0.05) is 6.20 Å². The lowest BCUT2D eigenvalue weighted by Crippen LogP contribution is -2.33. The maximum absolute atomic E-state index is 11.5. The van der Waals surface area contributed by atoms with E-state index < -0.39 is 23.4 Å². The molecular weight excluding hydrogens is 252 g/mol. The van der Waals surface area contributed by atoms with Gasteiger partial charge in [-0.05, 0) is 32.9 Å². The van der Waals surface area contributed by atoms with Crippen LogP contribution in [0.15, 0.2) is 18.3 Å². The van der Waals surface area contributed by atoms with Gasteiger partial charge in [-0.25, -0.2) is 14.6 Å². The van der Waals surface area contributed by atoms with Gasteiger partial charge >= 0.3 is 17.8 Å². The third-order valence-corrected chi connectivity index (χ3v) is 1.85. The number of ether oxygens (including phenoxy) is 1. The molecule has 19 heavy (non-hydrogen) atoms. The molecule has 0 aliphatic rings. The van der Waals surface area contributed by atoms with Crippen molar-refractivity contribution in [3.05, 3.63) is 23.9 Å². The van der Waals surface area contributed by atoms with Crippen LogP contribution in [0.3, 0.4) is 0 Å². The summed E-state index contributed by atoms with van der Waals surface area (Å²) in [6.45, 7) is 4.84. The topological polar surface area (TPSA) is 106 Å². The lowest BCUT2D eigenvalue weighted by atomic mass is 10.2. The molecule has 1 heterocycles. The van der Waals surface area contributed by atoms with Gasteiger partial charge in [0.15, 0.2) is 0 Å². The van der Waals surface area contributed by atoms with Gasteiger partial charge in [-0.15, -0.1) is 0 Å². The van der Waals surface area contributed by atoms with Gasteiger partial charge in [-0.3, -0.25) is 4.79 Å². The van der Waals surface area contributed by atoms with Crippen LogP contribution in [-0.2, 0) is 14.3 Å². The number of nitrogens with zero attached hydrogens (tertiary/aromatic N) is 1. The third-order valence-electron chi connectivity index (χ3n) is 1.85. The SMILES string of the molecule is CC(C)(C)OC(=O)C(=O)Nc1ncccc1C(=O)O. The summed E-state index contributed by atoms with van der Waals surface area (Å²) in [6.07, 6.45) is 1.30. The number of carboxylic acid groups (broad SMARTS) is 1. The van der Waals surface area contributed by atoms with E-state index in [9.17, 15) is 14.4 Å². The van der Waals surface area contributed by atoms with E-state index in [0.717, 1.165) is 0 Å². The smallest absolute Gasteiger partial charge is 0.397 e. The lowest BCUT2D eigenvalue weighted by Gasteiger charge is -2.18. The van der Waals surface area contributed by atoms with E-state index in [1.807, 2.05) is 0 Å². The molecule has 1 amide bonds. The van der Waals surface area contributed by atoms with E-state index in [-0.39, 0.29) is 11.4 Å². The number of nitrogens with one attached hydrogen (secondary N) is 1. The summed E-state index contributed by atoms with van der Waals surface area (Å²) in [5.41, 5.74) is -1.02. The zero-order chi connectivity index (χ0) is 14.6. The lowest BCUT2D eigenvalue weighted by molar-refractivity contribution is -0.161. The number of rotatable bonds is 2. The fourth-order valence-electron chi connectivity index (χ4n) is 1.16. The molecule has 1 aromatic heterocycles. The first-order valence-electron chi connectivity index (χ1n) is 5.43. The van der Waals surface area contributed by atoms with Gasteiger partial charge in [0.25, 0.3) is 0 Å². The van der Waals surface area contributed by atoms with Crippen molar-refractivity contribution < 1.29 is 24.2 Å². The van der Waals surface area contributed by atoms with E-state index in [0.29, 0.717) is 0 Å². The Morgan fingerprint density at radius 3 is 2.47 bits per heavy atom. The summed E-state index contributed by atoms with van der Waals surface area (Å²) < 4.78 is 4.85. The van der Waals surface area contributed by atoms with Crippen molar-refractivity contribution in [3.8, 4) is 0 Å². The Morgan fingerprint density at radius 2 is 1.95 bits per heavy atom. The average molecular weight is 266 g/mol. The summed E-state index contributed by atoms with van der Waals surface area (Å²) in [6, 6.07) is 2.67. The number of carbonyl (C=O) groups is 3. The predicted molar refractivity (Wildman–Crippen MR) is 65.7 cm³/mol. The number of carboxylic acids is 1. The van der Waals surface area contributed by atoms with Crippen molar-refractivity contribution in [3.63, 3.8) is 0 Å². The van der Waals surface area contributed by atoms with E-state index in [1.54, 1.807) is 20.8 Å². The third kappa shape index (κ3) is 4.38. The predicted octanol–water partition coefficient (Wildman–Crippen LogP) is 1.06. The van der Waals surface area contributed by atoms with Gasteiger partial charge in [-0.1, -0.05) is 0 Å². The molecule has 0 radical (unpaired) electrons. The molecular formula is C12H14N2O5. The highest BCUT2D eigenvalue weighted by atomic mass is 16.6. The van der Waals surface area contributed by atoms with Crippen molar-refractivity contribution in [1.82, 2.24) is 4.98 Å². The molecule has 102 valence electrons. The second kappa shape index (κ2) is 5.47. The quantitative estimate of drug-likeness (QED) is 0.612. The van der Waals surface area contributed by atoms with Crippen molar-refractivity contribution in [2.75, 3.05) is 5.32 Å². The van der Waals surface area contributed by atoms with Crippen LogP contribution in [0.4, 0.5) is 5.82 Å². The Balaban J connectivity index is 2.83. The standard InChI is InChI=1S/C12H14N2O5/c1-12(2,3)19-11(18)9(15)14-8-7(10(16)17)5-4-6-13-8/h4-6H,1-3H3,(H,16,17)(H,13,14,15). The fraction of sp³-hybridized carbons (Fsp3) is 0.333. The minimum atomic E-state index is -1.26. The van der Waals surface area contributed by atoms with Crippen LogP contribution in [0.25, 0.3) is 0 Å². The van der Waals surface area contributed by atoms with Crippen LogP contribution in [-0.4, -0.2) is 33.5 Å². The molecule has 0 saturated heterocycles. The van der Waals surface area contributed by atoms with Crippen LogP contribution in [0.1, 0.15) is 31.1 Å². The maximum Gasteiger partial charge on any atom is 0.397 e. The Hall–Kier alpha value is -2.44. The number of hydrogen-bond donors (Lipinski definition) is 2. The number of hydrogen-bond acceptors (Lipinski definition) is 5. The molecule has 0 unspecified atom stereocenters. The molecule has 1 rings (SSSR count). The molecule has 0 spiro atoms.